The minimum atomic E-state index is 0.194. The molecule has 1 amide bonds. The topological polar surface area (TPSA) is 67.6 Å². The Labute approximate surface area is 122 Å². The summed E-state index contributed by atoms with van der Waals surface area (Å²) in [6.45, 7) is 3.94. The first-order chi connectivity index (χ1) is 9.78. The van der Waals surface area contributed by atoms with Crippen LogP contribution in [0.1, 0.15) is 44.9 Å². The Morgan fingerprint density at radius 1 is 1.20 bits per heavy atom. The molecule has 20 heavy (non-hydrogen) atoms. The van der Waals surface area contributed by atoms with Crippen molar-refractivity contribution in [2.75, 3.05) is 32.8 Å². The number of hydrogen-bond donors (Lipinski definition) is 2. The maximum absolute atomic E-state index is 12.0. The molecule has 0 unspecified atom stereocenters. The second kappa shape index (κ2) is 8.60. The van der Waals surface area contributed by atoms with Crippen LogP contribution < -0.4 is 11.1 Å². The van der Waals surface area contributed by atoms with E-state index in [0.29, 0.717) is 25.2 Å². The van der Waals surface area contributed by atoms with E-state index in [-0.39, 0.29) is 5.91 Å². The Bertz CT molecular complexity index is 285. The van der Waals surface area contributed by atoms with Gasteiger partial charge in [-0.15, -0.1) is 0 Å². The van der Waals surface area contributed by atoms with E-state index in [1.54, 1.807) is 0 Å². The number of amides is 1. The van der Waals surface area contributed by atoms with Gasteiger partial charge < -0.3 is 15.8 Å². The van der Waals surface area contributed by atoms with Crippen molar-refractivity contribution in [2.45, 2.75) is 57.1 Å². The molecule has 5 heteroatoms. The van der Waals surface area contributed by atoms with Gasteiger partial charge in [-0.05, 0) is 38.6 Å². The van der Waals surface area contributed by atoms with Gasteiger partial charge in [0.2, 0.25) is 5.91 Å². The lowest BCUT2D eigenvalue weighted by molar-refractivity contribution is -0.123. The zero-order chi connectivity index (χ0) is 14.2. The Morgan fingerprint density at radius 3 is 2.55 bits per heavy atom. The molecule has 0 atom stereocenters. The second-order valence-electron chi connectivity index (χ2n) is 6.04. The molecule has 1 aliphatic carbocycles. The summed E-state index contributed by atoms with van der Waals surface area (Å²) in [7, 11) is 0. The number of piperidine rings is 1. The van der Waals surface area contributed by atoms with E-state index in [1.165, 1.54) is 12.8 Å². The Hall–Kier alpha value is -0.650. The fraction of sp³-hybridized carbons (Fsp3) is 0.933. The third kappa shape index (κ3) is 5.38. The molecule has 2 rings (SSSR count). The SMILES string of the molecule is NCCCOC1CCN(CC(=O)NC2CCCC2)CC1. The molecule has 0 aromatic heterocycles. The van der Waals surface area contributed by atoms with Gasteiger partial charge in [-0.3, -0.25) is 9.69 Å². The van der Waals surface area contributed by atoms with Crippen LogP contribution in [0.4, 0.5) is 0 Å². The van der Waals surface area contributed by atoms with E-state index in [2.05, 4.69) is 10.2 Å². The van der Waals surface area contributed by atoms with Crippen LogP contribution in [0.2, 0.25) is 0 Å². The predicted molar refractivity (Wildman–Crippen MR) is 79.5 cm³/mol. The van der Waals surface area contributed by atoms with Crippen molar-refractivity contribution >= 4 is 5.91 Å². The number of rotatable bonds is 7. The summed E-state index contributed by atoms with van der Waals surface area (Å²) in [6.07, 6.45) is 8.18. The molecule has 1 heterocycles. The molecular weight excluding hydrogens is 254 g/mol. The normalized spacial score (nSPS) is 22.2. The highest BCUT2D eigenvalue weighted by Crippen LogP contribution is 2.18. The van der Waals surface area contributed by atoms with Gasteiger partial charge in [0.25, 0.3) is 0 Å². The molecule has 1 saturated carbocycles. The van der Waals surface area contributed by atoms with Crippen molar-refractivity contribution in [1.82, 2.24) is 10.2 Å². The molecule has 0 aromatic rings. The molecular formula is C15H29N3O2. The molecule has 0 spiro atoms. The van der Waals surface area contributed by atoms with Gasteiger partial charge in [0.1, 0.15) is 0 Å². The molecule has 0 radical (unpaired) electrons. The lowest BCUT2D eigenvalue weighted by atomic mass is 10.1. The van der Waals surface area contributed by atoms with Crippen LogP contribution >= 0.6 is 0 Å². The fourth-order valence-corrected chi connectivity index (χ4v) is 3.11. The smallest absolute Gasteiger partial charge is 0.234 e. The first kappa shape index (κ1) is 15.7. The van der Waals surface area contributed by atoms with E-state index in [1.807, 2.05) is 0 Å². The molecule has 1 aliphatic heterocycles. The van der Waals surface area contributed by atoms with E-state index in [4.69, 9.17) is 10.5 Å². The lowest BCUT2D eigenvalue weighted by Gasteiger charge is -2.31. The first-order valence-corrected chi connectivity index (χ1v) is 8.11. The van der Waals surface area contributed by atoms with Gasteiger partial charge >= 0.3 is 0 Å². The zero-order valence-corrected chi connectivity index (χ0v) is 12.5. The Kier molecular flexibility index (Phi) is 6.76. The summed E-state index contributed by atoms with van der Waals surface area (Å²) in [5.41, 5.74) is 5.46. The van der Waals surface area contributed by atoms with E-state index >= 15 is 0 Å². The van der Waals surface area contributed by atoms with Gasteiger partial charge in [-0.2, -0.15) is 0 Å². The molecule has 5 nitrogen and oxygen atoms in total. The zero-order valence-electron chi connectivity index (χ0n) is 12.5. The highest BCUT2D eigenvalue weighted by molar-refractivity contribution is 5.78. The molecule has 0 bridgehead atoms. The highest BCUT2D eigenvalue weighted by Gasteiger charge is 2.23. The summed E-state index contributed by atoms with van der Waals surface area (Å²) in [5, 5.41) is 3.15. The van der Waals surface area contributed by atoms with Gasteiger partial charge in [-0.25, -0.2) is 0 Å². The van der Waals surface area contributed by atoms with Crippen LogP contribution in [-0.2, 0) is 9.53 Å². The van der Waals surface area contributed by atoms with Gasteiger partial charge in [0, 0.05) is 25.7 Å². The summed E-state index contributed by atoms with van der Waals surface area (Å²) >= 11 is 0. The Balaban J connectivity index is 1.57. The maximum Gasteiger partial charge on any atom is 0.234 e. The predicted octanol–water partition coefficient (Wildman–Crippen LogP) is 0.875. The van der Waals surface area contributed by atoms with Crippen LogP contribution in [0.25, 0.3) is 0 Å². The molecule has 116 valence electrons. The molecule has 3 N–H and O–H groups in total. The van der Waals surface area contributed by atoms with Crippen molar-refractivity contribution < 1.29 is 9.53 Å². The van der Waals surface area contributed by atoms with Gasteiger partial charge in [-0.1, -0.05) is 12.8 Å². The standard InChI is InChI=1S/C15H29N3O2/c16-8-3-11-20-14-6-9-18(10-7-14)12-15(19)17-13-4-1-2-5-13/h13-14H,1-12,16H2,(H,17,19). The van der Waals surface area contributed by atoms with E-state index in [0.717, 1.165) is 51.8 Å². The van der Waals surface area contributed by atoms with Crippen molar-refractivity contribution in [3.63, 3.8) is 0 Å². The third-order valence-electron chi connectivity index (χ3n) is 4.32. The first-order valence-electron chi connectivity index (χ1n) is 8.11. The van der Waals surface area contributed by atoms with Crippen LogP contribution in [0.5, 0.6) is 0 Å². The van der Waals surface area contributed by atoms with Crippen molar-refractivity contribution in [3.05, 3.63) is 0 Å². The number of nitrogens with two attached hydrogens (primary N) is 1. The maximum atomic E-state index is 12.0. The number of carbonyl (C=O) groups excluding carboxylic acids is 1. The van der Waals surface area contributed by atoms with E-state index < -0.39 is 0 Å². The van der Waals surface area contributed by atoms with Gasteiger partial charge in [0.05, 0.1) is 12.6 Å². The van der Waals surface area contributed by atoms with E-state index in [9.17, 15) is 4.79 Å². The molecule has 1 saturated heterocycles. The average Bonchev–Trinajstić information content (AvgIpc) is 2.94. The van der Waals surface area contributed by atoms with Crippen LogP contribution in [0, 0.1) is 0 Å². The minimum absolute atomic E-state index is 0.194. The van der Waals surface area contributed by atoms with Crippen molar-refractivity contribution in [1.29, 1.82) is 0 Å². The number of hydrogen-bond acceptors (Lipinski definition) is 4. The number of ether oxygens (including phenoxy) is 1. The summed E-state index contributed by atoms with van der Waals surface area (Å²) < 4.78 is 5.78. The third-order valence-corrected chi connectivity index (χ3v) is 4.32. The number of nitrogens with one attached hydrogen (secondary N) is 1. The highest BCUT2D eigenvalue weighted by atomic mass is 16.5. The Morgan fingerprint density at radius 2 is 1.90 bits per heavy atom. The number of carbonyl (C=O) groups is 1. The van der Waals surface area contributed by atoms with Crippen LogP contribution in [0.15, 0.2) is 0 Å². The lowest BCUT2D eigenvalue weighted by Crippen LogP contribution is -2.45. The summed E-state index contributed by atoms with van der Waals surface area (Å²) in [4.78, 5) is 14.2. The summed E-state index contributed by atoms with van der Waals surface area (Å²) in [6, 6.07) is 0.430. The molecule has 2 aliphatic rings. The number of nitrogens with zero attached hydrogens (tertiary/aromatic N) is 1. The fourth-order valence-electron chi connectivity index (χ4n) is 3.11. The van der Waals surface area contributed by atoms with Gasteiger partial charge in [0.15, 0.2) is 0 Å². The minimum Gasteiger partial charge on any atom is -0.378 e. The quantitative estimate of drug-likeness (QED) is 0.681. The number of likely N-dealkylation sites (tertiary alicyclic amines) is 1. The summed E-state index contributed by atoms with van der Waals surface area (Å²) in [5.74, 6) is 0.194. The van der Waals surface area contributed by atoms with Crippen molar-refractivity contribution in [2.24, 2.45) is 5.73 Å². The second-order valence-corrected chi connectivity index (χ2v) is 6.04. The van der Waals surface area contributed by atoms with Crippen molar-refractivity contribution in [3.8, 4) is 0 Å². The largest absolute Gasteiger partial charge is 0.378 e. The molecule has 0 aromatic carbocycles. The van der Waals surface area contributed by atoms with Crippen LogP contribution in [0.3, 0.4) is 0 Å². The average molecular weight is 283 g/mol. The van der Waals surface area contributed by atoms with Crippen LogP contribution in [-0.4, -0.2) is 55.7 Å². The monoisotopic (exact) mass is 283 g/mol. The molecule has 2 fully saturated rings.